The Morgan fingerprint density at radius 2 is 2.14 bits per heavy atom. The predicted octanol–water partition coefficient (Wildman–Crippen LogP) is 3.50. The summed E-state index contributed by atoms with van der Waals surface area (Å²) in [6.45, 7) is 3.76. The van der Waals surface area contributed by atoms with Gasteiger partial charge >= 0.3 is 5.97 Å². The fraction of sp³-hybridized carbons (Fsp3) is 0.263. The molecule has 0 bridgehead atoms. The third-order valence-electron chi connectivity index (χ3n) is 3.94. The summed E-state index contributed by atoms with van der Waals surface area (Å²) in [5.41, 5.74) is 1.04. The average Bonchev–Trinajstić information content (AvgIpc) is 3.06. The highest BCUT2D eigenvalue weighted by Crippen LogP contribution is 2.30. The summed E-state index contributed by atoms with van der Waals surface area (Å²) in [4.78, 5) is 37.6. The fourth-order valence-corrected chi connectivity index (χ4v) is 3.83. The molecule has 146 valence electrons. The summed E-state index contributed by atoms with van der Waals surface area (Å²) in [6.07, 6.45) is 0.114. The average molecular weight is 420 g/mol. The van der Waals surface area contributed by atoms with Crippen molar-refractivity contribution >= 4 is 50.6 Å². The maximum absolute atomic E-state index is 13.2. The number of benzene rings is 1. The maximum atomic E-state index is 13.2. The predicted molar refractivity (Wildman–Crippen MR) is 110 cm³/mol. The van der Waals surface area contributed by atoms with Crippen molar-refractivity contribution in [2.24, 2.45) is 0 Å². The molecule has 3 aromatic rings. The van der Waals surface area contributed by atoms with E-state index in [1.807, 2.05) is 13.0 Å². The van der Waals surface area contributed by atoms with Crippen molar-refractivity contribution in [3.63, 3.8) is 0 Å². The van der Waals surface area contributed by atoms with E-state index in [0.29, 0.717) is 16.1 Å². The number of carbonyl (C=O) groups is 2. The Kier molecular flexibility index (Phi) is 6.11. The van der Waals surface area contributed by atoms with Gasteiger partial charge in [-0.3, -0.25) is 9.59 Å². The van der Waals surface area contributed by atoms with Gasteiger partial charge in [0.05, 0.1) is 17.7 Å². The van der Waals surface area contributed by atoms with E-state index in [-0.39, 0.29) is 35.9 Å². The summed E-state index contributed by atoms with van der Waals surface area (Å²) in [7, 11) is 0. The topological polar surface area (TPSA) is 90.3 Å². The molecule has 9 heteroatoms. The summed E-state index contributed by atoms with van der Waals surface area (Å²) < 4.78 is 6.26. The van der Waals surface area contributed by atoms with E-state index < -0.39 is 11.5 Å². The van der Waals surface area contributed by atoms with Crippen LogP contribution in [0.25, 0.3) is 16.5 Å². The number of nitrogens with one attached hydrogen (secondary N) is 1. The lowest BCUT2D eigenvalue weighted by Gasteiger charge is -2.10. The van der Waals surface area contributed by atoms with Crippen LogP contribution in [-0.2, 0) is 9.53 Å². The summed E-state index contributed by atoms with van der Waals surface area (Å²) in [5, 5.41) is 9.49. The first kappa shape index (κ1) is 20.0. The van der Waals surface area contributed by atoms with Crippen LogP contribution in [0.5, 0.6) is 0 Å². The Balaban J connectivity index is 2.26. The monoisotopic (exact) mass is 419 g/mol. The van der Waals surface area contributed by atoms with Crippen LogP contribution in [-0.4, -0.2) is 34.1 Å². The van der Waals surface area contributed by atoms with Crippen LogP contribution in [0.2, 0.25) is 0 Å². The molecule has 0 aliphatic rings. The minimum atomic E-state index is -0.634. The second kappa shape index (κ2) is 8.53. The molecule has 1 amide bonds. The van der Waals surface area contributed by atoms with Crippen molar-refractivity contribution in [1.29, 1.82) is 0 Å². The van der Waals surface area contributed by atoms with Gasteiger partial charge in [-0.25, -0.2) is 4.79 Å². The fourth-order valence-electron chi connectivity index (χ4n) is 2.70. The number of aromatic nitrogens is 2. The molecule has 7 nitrogen and oxygen atoms in total. The largest absolute Gasteiger partial charge is 0.461 e. The molecule has 2 heterocycles. The molecule has 1 aromatic carbocycles. The number of anilines is 1. The second-order valence-electron chi connectivity index (χ2n) is 5.97. The lowest BCUT2D eigenvalue weighted by Crippen LogP contribution is -2.25. The minimum Gasteiger partial charge on any atom is -0.461 e. The van der Waals surface area contributed by atoms with Gasteiger partial charge in [0.1, 0.15) is 5.00 Å². The van der Waals surface area contributed by atoms with E-state index in [0.717, 1.165) is 21.6 Å². The highest BCUT2D eigenvalue weighted by atomic mass is 35.5. The first-order valence-electron chi connectivity index (χ1n) is 8.60. The first-order chi connectivity index (χ1) is 13.5. The molecule has 0 atom stereocenters. The number of thiophene rings is 1. The SMILES string of the molecule is CCOC(=O)c1nn(-c2cccc(C)c2)c(=O)c2c(NC(=O)CCCl)scc12. The quantitative estimate of drug-likeness (QED) is 0.487. The molecule has 0 radical (unpaired) electrons. The number of rotatable bonds is 6. The van der Waals surface area contributed by atoms with Crippen LogP contribution in [0.15, 0.2) is 34.4 Å². The Morgan fingerprint density at radius 1 is 1.36 bits per heavy atom. The Labute approximate surface area is 169 Å². The van der Waals surface area contributed by atoms with Gasteiger partial charge in [-0.1, -0.05) is 12.1 Å². The third kappa shape index (κ3) is 3.93. The van der Waals surface area contributed by atoms with Crippen LogP contribution >= 0.6 is 22.9 Å². The van der Waals surface area contributed by atoms with Crippen LogP contribution in [0.1, 0.15) is 29.4 Å². The number of hydrogen-bond acceptors (Lipinski definition) is 6. The molecule has 0 aliphatic carbocycles. The maximum Gasteiger partial charge on any atom is 0.359 e. The van der Waals surface area contributed by atoms with Gasteiger partial charge < -0.3 is 10.1 Å². The van der Waals surface area contributed by atoms with Crippen molar-refractivity contribution < 1.29 is 14.3 Å². The zero-order valence-corrected chi connectivity index (χ0v) is 16.9. The molecule has 1 N–H and O–H groups in total. The smallest absolute Gasteiger partial charge is 0.359 e. The molecule has 0 aliphatic heterocycles. The molecule has 0 saturated heterocycles. The molecule has 0 fully saturated rings. The van der Waals surface area contributed by atoms with Gasteiger partial charge in [-0.2, -0.15) is 9.78 Å². The molecule has 0 spiro atoms. The zero-order chi connectivity index (χ0) is 20.3. The minimum absolute atomic E-state index is 0.0204. The van der Waals surface area contributed by atoms with Crippen molar-refractivity contribution in [1.82, 2.24) is 9.78 Å². The molecular formula is C19H18ClN3O4S. The first-order valence-corrected chi connectivity index (χ1v) is 10.0. The molecule has 0 saturated carbocycles. The van der Waals surface area contributed by atoms with Gasteiger partial charge in [0.2, 0.25) is 5.91 Å². The number of ether oxygens (including phenoxy) is 1. The number of alkyl halides is 1. The van der Waals surface area contributed by atoms with E-state index in [4.69, 9.17) is 16.3 Å². The summed E-state index contributed by atoms with van der Waals surface area (Å²) in [6, 6.07) is 7.19. The molecule has 2 aromatic heterocycles. The van der Waals surface area contributed by atoms with Gasteiger partial charge in [0.15, 0.2) is 5.69 Å². The number of nitrogens with zero attached hydrogens (tertiary/aromatic N) is 2. The number of carbonyl (C=O) groups excluding carboxylic acids is 2. The van der Waals surface area contributed by atoms with Gasteiger partial charge in [0.25, 0.3) is 5.56 Å². The van der Waals surface area contributed by atoms with Gasteiger partial charge in [-0.15, -0.1) is 22.9 Å². The number of amides is 1. The van der Waals surface area contributed by atoms with Crippen molar-refractivity contribution in [3.05, 3.63) is 51.3 Å². The van der Waals surface area contributed by atoms with Crippen molar-refractivity contribution in [2.45, 2.75) is 20.3 Å². The Morgan fingerprint density at radius 3 is 2.82 bits per heavy atom. The third-order valence-corrected chi connectivity index (χ3v) is 5.03. The zero-order valence-electron chi connectivity index (χ0n) is 15.3. The normalized spacial score (nSPS) is 10.8. The Bertz CT molecular complexity index is 1110. The van der Waals surface area contributed by atoms with E-state index in [2.05, 4.69) is 10.4 Å². The van der Waals surface area contributed by atoms with E-state index in [1.165, 1.54) is 0 Å². The molecule has 3 rings (SSSR count). The van der Waals surface area contributed by atoms with Crippen LogP contribution in [0.4, 0.5) is 5.00 Å². The van der Waals surface area contributed by atoms with E-state index in [9.17, 15) is 14.4 Å². The molecule has 0 unspecified atom stereocenters. The number of aryl methyl sites for hydroxylation is 1. The van der Waals surface area contributed by atoms with E-state index >= 15 is 0 Å². The van der Waals surface area contributed by atoms with Crippen LogP contribution in [0.3, 0.4) is 0 Å². The number of hydrogen-bond donors (Lipinski definition) is 1. The van der Waals surface area contributed by atoms with E-state index in [1.54, 1.807) is 30.5 Å². The molecule has 28 heavy (non-hydrogen) atoms. The lowest BCUT2D eigenvalue weighted by atomic mass is 10.2. The number of esters is 1. The summed E-state index contributed by atoms with van der Waals surface area (Å²) in [5.74, 6) is -0.779. The lowest BCUT2D eigenvalue weighted by molar-refractivity contribution is -0.115. The highest BCUT2D eigenvalue weighted by Gasteiger charge is 2.23. The number of halogens is 1. The number of fused-ring (bicyclic) bond motifs is 1. The van der Waals surface area contributed by atoms with Crippen molar-refractivity contribution in [3.8, 4) is 5.69 Å². The second-order valence-corrected chi connectivity index (χ2v) is 7.22. The standard InChI is InChI=1S/C19H18ClN3O4S/c1-3-27-19(26)16-13-10-28-17(21-14(24)7-8-20)15(13)18(25)23(22-16)12-6-4-5-11(2)9-12/h4-6,9-10H,3,7-8H2,1-2H3,(H,21,24). The van der Waals surface area contributed by atoms with Crippen molar-refractivity contribution in [2.75, 3.05) is 17.8 Å². The summed E-state index contributed by atoms with van der Waals surface area (Å²) >= 11 is 6.76. The van der Waals surface area contributed by atoms with Crippen LogP contribution < -0.4 is 10.9 Å². The molecular weight excluding hydrogens is 402 g/mol. The highest BCUT2D eigenvalue weighted by molar-refractivity contribution is 7.16. The van der Waals surface area contributed by atoms with Crippen LogP contribution in [0, 0.1) is 6.92 Å². The van der Waals surface area contributed by atoms with Gasteiger partial charge in [-0.05, 0) is 31.5 Å². The van der Waals surface area contributed by atoms with Gasteiger partial charge in [0, 0.05) is 23.1 Å². The Hall–Kier alpha value is -2.71.